The van der Waals surface area contributed by atoms with Crippen molar-refractivity contribution in [3.8, 4) is 0 Å². The van der Waals surface area contributed by atoms with Gasteiger partial charge in [0.1, 0.15) is 0 Å². The van der Waals surface area contributed by atoms with Gasteiger partial charge in [-0.2, -0.15) is 0 Å². The lowest BCUT2D eigenvalue weighted by atomic mass is 9.75. The second kappa shape index (κ2) is 5.88. The topological polar surface area (TPSA) is 12.0 Å². The van der Waals surface area contributed by atoms with E-state index in [-0.39, 0.29) is 0 Å². The van der Waals surface area contributed by atoms with Crippen molar-refractivity contribution in [1.29, 1.82) is 0 Å². The van der Waals surface area contributed by atoms with E-state index in [1.807, 2.05) is 0 Å². The standard InChI is InChI=1S/C17H27N/c1-14(13-15-7-5-4-6-8-15)18-16-9-11-17(2,3)12-10-16/h4-8,14,16,18H,9-13H2,1-3H3. The average Bonchev–Trinajstić information content (AvgIpc) is 2.33. The summed E-state index contributed by atoms with van der Waals surface area (Å²) in [4.78, 5) is 0. The van der Waals surface area contributed by atoms with Crippen LogP contribution >= 0.6 is 0 Å². The van der Waals surface area contributed by atoms with E-state index in [0.29, 0.717) is 11.5 Å². The van der Waals surface area contributed by atoms with Crippen LogP contribution in [0.15, 0.2) is 30.3 Å². The molecule has 0 aromatic heterocycles. The highest BCUT2D eigenvalue weighted by molar-refractivity contribution is 5.15. The van der Waals surface area contributed by atoms with Crippen LogP contribution in [0.25, 0.3) is 0 Å². The Morgan fingerprint density at radius 2 is 1.78 bits per heavy atom. The first-order valence-electron chi connectivity index (χ1n) is 7.35. The fourth-order valence-corrected chi connectivity index (χ4v) is 2.99. The molecule has 0 saturated heterocycles. The van der Waals surface area contributed by atoms with E-state index in [9.17, 15) is 0 Å². The van der Waals surface area contributed by atoms with E-state index in [1.54, 1.807) is 0 Å². The van der Waals surface area contributed by atoms with Crippen LogP contribution in [0.1, 0.15) is 52.0 Å². The Morgan fingerprint density at radius 1 is 1.17 bits per heavy atom. The highest BCUT2D eigenvalue weighted by atomic mass is 14.9. The van der Waals surface area contributed by atoms with Crippen LogP contribution in [-0.4, -0.2) is 12.1 Å². The van der Waals surface area contributed by atoms with E-state index in [2.05, 4.69) is 56.4 Å². The van der Waals surface area contributed by atoms with Crippen LogP contribution in [0.4, 0.5) is 0 Å². The third-order valence-corrected chi connectivity index (χ3v) is 4.24. The van der Waals surface area contributed by atoms with Crippen molar-refractivity contribution in [2.24, 2.45) is 5.41 Å². The Bertz CT molecular complexity index is 345. The molecule has 0 heterocycles. The monoisotopic (exact) mass is 245 g/mol. The molecular formula is C17H27N. The molecule has 1 nitrogen and oxygen atoms in total. The lowest BCUT2D eigenvalue weighted by Gasteiger charge is -2.36. The summed E-state index contributed by atoms with van der Waals surface area (Å²) in [6, 6.07) is 12.1. The molecular weight excluding hydrogens is 218 g/mol. The zero-order valence-corrected chi connectivity index (χ0v) is 12.1. The van der Waals surface area contributed by atoms with E-state index in [1.165, 1.54) is 31.2 Å². The summed E-state index contributed by atoms with van der Waals surface area (Å²) >= 11 is 0. The lowest BCUT2D eigenvalue weighted by Crippen LogP contribution is -2.41. The highest BCUT2D eigenvalue weighted by Crippen LogP contribution is 2.35. The minimum absolute atomic E-state index is 0.570. The van der Waals surface area contributed by atoms with Gasteiger partial charge in [0.15, 0.2) is 0 Å². The molecule has 2 rings (SSSR count). The van der Waals surface area contributed by atoms with Crippen LogP contribution in [-0.2, 0) is 6.42 Å². The summed E-state index contributed by atoms with van der Waals surface area (Å²) in [6.07, 6.45) is 6.55. The summed E-state index contributed by atoms with van der Waals surface area (Å²) in [5.74, 6) is 0. The Balaban J connectivity index is 1.77. The fraction of sp³-hybridized carbons (Fsp3) is 0.647. The van der Waals surface area contributed by atoms with Gasteiger partial charge in [-0.3, -0.25) is 0 Å². The molecule has 1 unspecified atom stereocenters. The van der Waals surface area contributed by atoms with Gasteiger partial charge >= 0.3 is 0 Å². The predicted octanol–water partition coefficient (Wildman–Crippen LogP) is 4.18. The number of rotatable bonds is 4. The van der Waals surface area contributed by atoms with Gasteiger partial charge in [0.25, 0.3) is 0 Å². The molecule has 0 aliphatic heterocycles. The molecule has 100 valence electrons. The zero-order chi connectivity index (χ0) is 13.0. The highest BCUT2D eigenvalue weighted by Gasteiger charge is 2.27. The first kappa shape index (κ1) is 13.6. The van der Waals surface area contributed by atoms with E-state index < -0.39 is 0 Å². The van der Waals surface area contributed by atoms with Crippen molar-refractivity contribution in [1.82, 2.24) is 5.32 Å². The zero-order valence-electron chi connectivity index (χ0n) is 12.1. The molecule has 0 spiro atoms. The molecule has 18 heavy (non-hydrogen) atoms. The van der Waals surface area contributed by atoms with Gasteiger partial charge in [-0.15, -0.1) is 0 Å². The van der Waals surface area contributed by atoms with Crippen LogP contribution in [0.5, 0.6) is 0 Å². The third-order valence-electron chi connectivity index (χ3n) is 4.24. The van der Waals surface area contributed by atoms with Gasteiger partial charge in [-0.05, 0) is 50.0 Å². The number of hydrogen-bond donors (Lipinski definition) is 1. The van der Waals surface area contributed by atoms with Crippen LogP contribution in [0.3, 0.4) is 0 Å². The number of benzene rings is 1. The normalized spacial score (nSPS) is 21.7. The Hall–Kier alpha value is -0.820. The molecule has 0 radical (unpaired) electrons. The fourth-order valence-electron chi connectivity index (χ4n) is 2.99. The summed E-state index contributed by atoms with van der Waals surface area (Å²) in [7, 11) is 0. The third kappa shape index (κ3) is 4.13. The molecule has 1 aliphatic carbocycles. The Kier molecular flexibility index (Phi) is 4.45. The second-order valence-corrected chi connectivity index (χ2v) is 6.70. The minimum Gasteiger partial charge on any atom is -0.311 e. The van der Waals surface area contributed by atoms with Gasteiger partial charge < -0.3 is 5.32 Å². The molecule has 1 N–H and O–H groups in total. The molecule has 1 aliphatic rings. The molecule has 0 amide bonds. The van der Waals surface area contributed by atoms with Crippen LogP contribution < -0.4 is 5.32 Å². The van der Waals surface area contributed by atoms with Crippen LogP contribution in [0.2, 0.25) is 0 Å². The summed E-state index contributed by atoms with van der Waals surface area (Å²) < 4.78 is 0. The minimum atomic E-state index is 0.570. The maximum absolute atomic E-state index is 3.81. The van der Waals surface area contributed by atoms with E-state index >= 15 is 0 Å². The quantitative estimate of drug-likeness (QED) is 0.839. The van der Waals surface area contributed by atoms with Gasteiger partial charge in [0.2, 0.25) is 0 Å². The van der Waals surface area contributed by atoms with Crippen molar-refractivity contribution in [3.05, 3.63) is 35.9 Å². The summed E-state index contributed by atoms with van der Waals surface area (Å²) in [5.41, 5.74) is 2.01. The van der Waals surface area contributed by atoms with Crippen molar-refractivity contribution in [3.63, 3.8) is 0 Å². The molecule has 1 aromatic carbocycles. The Labute approximate surface area is 112 Å². The van der Waals surface area contributed by atoms with E-state index in [4.69, 9.17) is 0 Å². The Morgan fingerprint density at radius 3 is 2.39 bits per heavy atom. The largest absolute Gasteiger partial charge is 0.311 e. The molecule has 0 bridgehead atoms. The molecule has 1 atom stereocenters. The van der Waals surface area contributed by atoms with E-state index in [0.717, 1.165) is 12.5 Å². The molecule has 1 aromatic rings. The van der Waals surface area contributed by atoms with Gasteiger partial charge in [0, 0.05) is 12.1 Å². The van der Waals surface area contributed by atoms with Crippen LogP contribution in [0, 0.1) is 5.41 Å². The molecule has 1 fully saturated rings. The average molecular weight is 245 g/mol. The maximum atomic E-state index is 3.81. The molecule has 1 saturated carbocycles. The van der Waals surface area contributed by atoms with Crippen molar-refractivity contribution in [2.45, 2.75) is 65.0 Å². The van der Waals surface area contributed by atoms with Gasteiger partial charge in [-0.1, -0.05) is 44.2 Å². The number of hydrogen-bond acceptors (Lipinski definition) is 1. The maximum Gasteiger partial charge on any atom is 0.00817 e. The van der Waals surface area contributed by atoms with Crippen molar-refractivity contribution < 1.29 is 0 Å². The van der Waals surface area contributed by atoms with Crippen molar-refractivity contribution >= 4 is 0 Å². The predicted molar refractivity (Wildman–Crippen MR) is 78.8 cm³/mol. The van der Waals surface area contributed by atoms with Gasteiger partial charge in [-0.25, -0.2) is 0 Å². The smallest absolute Gasteiger partial charge is 0.00817 e. The summed E-state index contributed by atoms with van der Waals surface area (Å²) in [6.45, 7) is 7.11. The SMILES string of the molecule is CC(Cc1ccccc1)NC1CCC(C)(C)CC1. The lowest BCUT2D eigenvalue weighted by molar-refractivity contribution is 0.199. The first-order chi connectivity index (χ1) is 8.55. The molecule has 1 heteroatoms. The second-order valence-electron chi connectivity index (χ2n) is 6.70. The summed E-state index contributed by atoms with van der Waals surface area (Å²) in [5, 5.41) is 3.81. The van der Waals surface area contributed by atoms with Crippen molar-refractivity contribution in [2.75, 3.05) is 0 Å². The van der Waals surface area contributed by atoms with Gasteiger partial charge in [0.05, 0.1) is 0 Å². The first-order valence-corrected chi connectivity index (χ1v) is 7.35. The number of nitrogens with one attached hydrogen (secondary N) is 1.